The quantitative estimate of drug-likeness (QED) is 0.703. The third-order valence-electron chi connectivity index (χ3n) is 4.63. The zero-order chi connectivity index (χ0) is 18.5. The van der Waals surface area contributed by atoms with Crippen LogP contribution in [0.3, 0.4) is 0 Å². The van der Waals surface area contributed by atoms with Gasteiger partial charge in [0.2, 0.25) is 0 Å². The van der Waals surface area contributed by atoms with Gasteiger partial charge in [-0.1, -0.05) is 24.3 Å². The summed E-state index contributed by atoms with van der Waals surface area (Å²) in [5.41, 5.74) is 6.65. The zero-order valence-corrected chi connectivity index (χ0v) is 15.4. The fraction of sp³-hybridized carbons (Fsp3) is 0.217. The molecule has 0 aliphatic heterocycles. The molecular formula is C23H23O3. The van der Waals surface area contributed by atoms with Crippen LogP contribution in [0.5, 0.6) is 11.5 Å². The Morgan fingerprint density at radius 1 is 0.846 bits per heavy atom. The number of methoxy groups -OCH3 is 2. The van der Waals surface area contributed by atoms with Crippen LogP contribution in [0.1, 0.15) is 11.1 Å². The van der Waals surface area contributed by atoms with Gasteiger partial charge in [-0.2, -0.15) is 0 Å². The molecule has 3 heteroatoms. The highest BCUT2D eigenvalue weighted by Gasteiger charge is 2.14. The lowest BCUT2D eigenvalue weighted by atomic mass is 9.87. The number of aliphatic hydroxyl groups is 1. The van der Waals surface area contributed by atoms with Crippen molar-refractivity contribution in [3.63, 3.8) is 0 Å². The van der Waals surface area contributed by atoms with E-state index in [0.29, 0.717) is 6.42 Å². The molecule has 0 bridgehead atoms. The number of benzene rings is 3. The summed E-state index contributed by atoms with van der Waals surface area (Å²) in [5, 5.41) is 9.37. The summed E-state index contributed by atoms with van der Waals surface area (Å²) in [4.78, 5) is 0. The van der Waals surface area contributed by atoms with E-state index >= 15 is 0 Å². The van der Waals surface area contributed by atoms with Gasteiger partial charge in [0.15, 0.2) is 0 Å². The van der Waals surface area contributed by atoms with Crippen molar-refractivity contribution in [1.82, 2.24) is 0 Å². The van der Waals surface area contributed by atoms with E-state index in [4.69, 9.17) is 9.47 Å². The topological polar surface area (TPSA) is 38.7 Å². The number of aliphatic hydroxyl groups excluding tert-OH is 1. The summed E-state index contributed by atoms with van der Waals surface area (Å²) in [7, 11) is 3.33. The van der Waals surface area contributed by atoms with Crippen LogP contribution >= 0.6 is 0 Å². The average molecular weight is 347 g/mol. The van der Waals surface area contributed by atoms with Crippen LogP contribution in [-0.2, 0) is 6.42 Å². The predicted molar refractivity (Wildman–Crippen MR) is 105 cm³/mol. The summed E-state index contributed by atoms with van der Waals surface area (Å²) < 4.78 is 10.6. The Balaban J connectivity index is 2.17. The van der Waals surface area contributed by atoms with Crippen molar-refractivity contribution >= 4 is 0 Å². The standard InChI is InChI=1S/C23H23O3/c1-16-17(14-15-24)8-13-22(18-4-9-20(25-2)10-5-18)23(16)19-6-11-21(26-3)12-7-19/h4-7,9-13,24H,14-15H2,1-3H3. The fourth-order valence-electron chi connectivity index (χ4n) is 3.19. The summed E-state index contributed by atoms with van der Waals surface area (Å²) in [6.45, 7) is 2.20. The molecule has 133 valence electrons. The minimum Gasteiger partial charge on any atom is -0.497 e. The van der Waals surface area contributed by atoms with Crippen LogP contribution in [0.15, 0.2) is 54.6 Å². The molecule has 0 amide bonds. The van der Waals surface area contributed by atoms with Crippen molar-refractivity contribution in [2.75, 3.05) is 20.8 Å². The molecule has 3 aromatic rings. The maximum absolute atomic E-state index is 9.37. The van der Waals surface area contributed by atoms with Crippen LogP contribution in [-0.4, -0.2) is 25.9 Å². The molecule has 3 nitrogen and oxygen atoms in total. The molecule has 0 aromatic heterocycles. The molecular weight excluding hydrogens is 324 g/mol. The van der Waals surface area contributed by atoms with Gasteiger partial charge in [-0.25, -0.2) is 0 Å². The third kappa shape index (κ3) is 3.58. The first kappa shape index (κ1) is 18.0. The monoisotopic (exact) mass is 347 g/mol. The van der Waals surface area contributed by atoms with Crippen molar-refractivity contribution in [3.8, 4) is 33.8 Å². The molecule has 0 atom stereocenters. The Labute approximate surface area is 154 Å². The Morgan fingerprint density at radius 2 is 1.38 bits per heavy atom. The van der Waals surface area contributed by atoms with Gasteiger partial charge in [0.25, 0.3) is 0 Å². The van der Waals surface area contributed by atoms with Gasteiger partial charge in [-0.15, -0.1) is 0 Å². The highest BCUT2D eigenvalue weighted by atomic mass is 16.5. The number of hydrogen-bond donors (Lipinski definition) is 1. The summed E-state index contributed by atoms with van der Waals surface area (Å²) >= 11 is 0. The van der Waals surface area contributed by atoms with Crippen LogP contribution in [0, 0.1) is 13.0 Å². The molecule has 3 aromatic carbocycles. The second-order valence-corrected chi connectivity index (χ2v) is 6.11. The summed E-state index contributed by atoms with van der Waals surface area (Å²) in [6, 6.07) is 21.5. The predicted octanol–water partition coefficient (Wildman–Crippen LogP) is 4.68. The second-order valence-electron chi connectivity index (χ2n) is 6.11. The molecule has 0 heterocycles. The fourth-order valence-corrected chi connectivity index (χ4v) is 3.19. The van der Waals surface area contributed by atoms with Crippen LogP contribution in [0.25, 0.3) is 22.3 Å². The molecule has 1 radical (unpaired) electrons. The first-order valence-electron chi connectivity index (χ1n) is 8.61. The Kier molecular flexibility index (Phi) is 5.59. The van der Waals surface area contributed by atoms with E-state index in [2.05, 4.69) is 37.3 Å². The SMILES string of the molecule is COc1ccc(-c2c[c]c(CCO)c(C)c2-c2ccc(OC)cc2)cc1. The van der Waals surface area contributed by atoms with Crippen LogP contribution in [0.2, 0.25) is 0 Å². The van der Waals surface area contributed by atoms with Crippen LogP contribution < -0.4 is 9.47 Å². The Hall–Kier alpha value is -2.78. The van der Waals surface area contributed by atoms with E-state index in [1.54, 1.807) is 14.2 Å². The molecule has 26 heavy (non-hydrogen) atoms. The van der Waals surface area contributed by atoms with Crippen molar-refractivity contribution in [3.05, 3.63) is 71.8 Å². The second kappa shape index (κ2) is 8.07. The van der Waals surface area contributed by atoms with Crippen molar-refractivity contribution in [1.29, 1.82) is 0 Å². The van der Waals surface area contributed by atoms with Crippen LogP contribution in [0.4, 0.5) is 0 Å². The summed E-state index contributed by atoms with van der Waals surface area (Å²) in [6.07, 6.45) is 0.595. The smallest absolute Gasteiger partial charge is 0.118 e. The first-order chi connectivity index (χ1) is 12.7. The normalized spacial score (nSPS) is 10.6. The zero-order valence-electron chi connectivity index (χ0n) is 15.4. The van der Waals surface area contributed by atoms with Gasteiger partial charge in [-0.3, -0.25) is 0 Å². The molecule has 0 saturated heterocycles. The van der Waals surface area contributed by atoms with E-state index in [9.17, 15) is 5.11 Å². The van der Waals surface area contributed by atoms with Gasteiger partial charge >= 0.3 is 0 Å². The number of hydrogen-bond acceptors (Lipinski definition) is 3. The molecule has 1 N–H and O–H groups in total. The maximum atomic E-state index is 9.37. The molecule has 0 spiro atoms. The van der Waals surface area contributed by atoms with E-state index in [0.717, 1.165) is 44.9 Å². The molecule has 3 rings (SSSR count). The number of ether oxygens (including phenoxy) is 2. The van der Waals surface area contributed by atoms with Gasteiger partial charge in [-0.05, 0) is 83.1 Å². The summed E-state index contributed by atoms with van der Waals surface area (Å²) in [5.74, 6) is 1.66. The van der Waals surface area contributed by atoms with Crippen molar-refractivity contribution < 1.29 is 14.6 Å². The lowest BCUT2D eigenvalue weighted by Crippen LogP contribution is -1.99. The average Bonchev–Trinajstić information content (AvgIpc) is 2.70. The van der Waals surface area contributed by atoms with Gasteiger partial charge in [0.05, 0.1) is 14.2 Å². The first-order valence-corrected chi connectivity index (χ1v) is 8.61. The van der Waals surface area contributed by atoms with Gasteiger partial charge in [0, 0.05) is 6.61 Å². The van der Waals surface area contributed by atoms with Crippen molar-refractivity contribution in [2.45, 2.75) is 13.3 Å². The molecule has 0 unspecified atom stereocenters. The van der Waals surface area contributed by atoms with E-state index in [-0.39, 0.29) is 6.61 Å². The Bertz CT molecular complexity index is 865. The van der Waals surface area contributed by atoms with Crippen molar-refractivity contribution in [2.24, 2.45) is 0 Å². The van der Waals surface area contributed by atoms with E-state index < -0.39 is 0 Å². The third-order valence-corrected chi connectivity index (χ3v) is 4.63. The van der Waals surface area contributed by atoms with E-state index in [1.807, 2.05) is 30.3 Å². The lowest BCUT2D eigenvalue weighted by molar-refractivity contribution is 0.299. The molecule has 0 fully saturated rings. The highest BCUT2D eigenvalue weighted by Crippen LogP contribution is 2.37. The maximum Gasteiger partial charge on any atom is 0.118 e. The van der Waals surface area contributed by atoms with E-state index in [1.165, 1.54) is 0 Å². The molecule has 0 aliphatic rings. The van der Waals surface area contributed by atoms with Gasteiger partial charge < -0.3 is 14.6 Å². The minimum absolute atomic E-state index is 0.112. The number of rotatable bonds is 6. The highest BCUT2D eigenvalue weighted by molar-refractivity contribution is 5.86. The minimum atomic E-state index is 0.112. The lowest BCUT2D eigenvalue weighted by Gasteiger charge is -2.17. The largest absolute Gasteiger partial charge is 0.497 e. The molecule has 0 saturated carbocycles. The van der Waals surface area contributed by atoms with Gasteiger partial charge in [0.1, 0.15) is 11.5 Å². The Morgan fingerprint density at radius 3 is 1.88 bits per heavy atom. The molecule has 0 aliphatic carbocycles.